The SMILES string of the molecule is C[C@@H](Cn1cncn1)C(=O)NCC1(c2ccccc2)CCN(C)CC1. The summed E-state index contributed by atoms with van der Waals surface area (Å²) in [6.07, 6.45) is 5.26. The number of hydrogen-bond acceptors (Lipinski definition) is 4. The van der Waals surface area contributed by atoms with Crippen LogP contribution in [0.5, 0.6) is 0 Å². The maximum absolute atomic E-state index is 12.6. The molecule has 2 heterocycles. The lowest BCUT2D eigenvalue weighted by atomic mass is 9.72. The van der Waals surface area contributed by atoms with Crippen LogP contribution in [0.3, 0.4) is 0 Å². The number of benzene rings is 1. The molecule has 1 aliphatic heterocycles. The molecule has 0 bridgehead atoms. The third-order valence-electron chi connectivity index (χ3n) is 5.31. The fourth-order valence-electron chi connectivity index (χ4n) is 3.53. The first kappa shape index (κ1) is 17.6. The lowest BCUT2D eigenvalue weighted by Crippen LogP contribution is -2.49. The van der Waals surface area contributed by atoms with Gasteiger partial charge in [-0.3, -0.25) is 9.48 Å². The maximum Gasteiger partial charge on any atom is 0.224 e. The minimum absolute atomic E-state index is 0.0242. The van der Waals surface area contributed by atoms with Crippen LogP contribution in [0.15, 0.2) is 43.0 Å². The molecule has 6 heteroatoms. The molecule has 1 aromatic carbocycles. The molecule has 0 saturated carbocycles. The molecule has 1 aromatic heterocycles. The van der Waals surface area contributed by atoms with E-state index in [4.69, 9.17) is 0 Å². The molecule has 1 amide bonds. The van der Waals surface area contributed by atoms with Crippen LogP contribution in [0, 0.1) is 5.92 Å². The van der Waals surface area contributed by atoms with E-state index in [1.54, 1.807) is 11.0 Å². The number of hydrogen-bond donors (Lipinski definition) is 1. The van der Waals surface area contributed by atoms with Gasteiger partial charge in [-0.2, -0.15) is 5.10 Å². The molecule has 1 N–H and O–H groups in total. The van der Waals surface area contributed by atoms with Crippen LogP contribution in [-0.4, -0.2) is 52.3 Å². The van der Waals surface area contributed by atoms with Gasteiger partial charge in [0.05, 0.1) is 12.5 Å². The van der Waals surface area contributed by atoms with E-state index in [1.807, 2.05) is 13.0 Å². The number of piperidine rings is 1. The van der Waals surface area contributed by atoms with E-state index in [9.17, 15) is 4.79 Å². The molecule has 1 aliphatic rings. The molecule has 0 spiro atoms. The number of aromatic nitrogens is 3. The van der Waals surface area contributed by atoms with E-state index in [1.165, 1.54) is 11.9 Å². The highest BCUT2D eigenvalue weighted by molar-refractivity contribution is 5.78. The monoisotopic (exact) mass is 341 g/mol. The van der Waals surface area contributed by atoms with Gasteiger partial charge in [0.2, 0.25) is 5.91 Å². The van der Waals surface area contributed by atoms with Crippen molar-refractivity contribution in [1.82, 2.24) is 25.0 Å². The molecule has 0 unspecified atom stereocenters. The van der Waals surface area contributed by atoms with Crippen LogP contribution in [0.25, 0.3) is 0 Å². The first-order chi connectivity index (χ1) is 12.1. The number of nitrogens with zero attached hydrogens (tertiary/aromatic N) is 4. The lowest BCUT2D eigenvalue weighted by Gasteiger charge is -2.41. The summed E-state index contributed by atoms with van der Waals surface area (Å²) < 4.78 is 1.70. The molecule has 0 aliphatic carbocycles. The van der Waals surface area contributed by atoms with Crippen molar-refractivity contribution in [3.05, 3.63) is 48.5 Å². The van der Waals surface area contributed by atoms with Crippen LogP contribution in [-0.2, 0) is 16.8 Å². The highest BCUT2D eigenvalue weighted by Crippen LogP contribution is 2.34. The Bertz CT molecular complexity index is 662. The zero-order chi connectivity index (χ0) is 17.7. The Morgan fingerprint density at radius 3 is 2.64 bits per heavy atom. The third kappa shape index (κ3) is 4.25. The van der Waals surface area contributed by atoms with Crippen LogP contribution in [0.2, 0.25) is 0 Å². The minimum Gasteiger partial charge on any atom is -0.355 e. The summed E-state index contributed by atoms with van der Waals surface area (Å²) >= 11 is 0. The Balaban J connectivity index is 1.65. The zero-order valence-electron chi connectivity index (χ0n) is 15.1. The molecule has 134 valence electrons. The quantitative estimate of drug-likeness (QED) is 0.869. The van der Waals surface area contributed by atoms with Crippen molar-refractivity contribution in [2.24, 2.45) is 5.92 Å². The summed E-state index contributed by atoms with van der Waals surface area (Å²) in [4.78, 5) is 18.9. The summed E-state index contributed by atoms with van der Waals surface area (Å²) in [6.45, 7) is 5.28. The van der Waals surface area contributed by atoms with Gasteiger partial charge in [-0.1, -0.05) is 37.3 Å². The molecule has 1 atom stereocenters. The van der Waals surface area contributed by atoms with Gasteiger partial charge in [-0.05, 0) is 38.5 Å². The Morgan fingerprint density at radius 1 is 1.28 bits per heavy atom. The number of likely N-dealkylation sites (tertiary alicyclic amines) is 1. The Morgan fingerprint density at radius 2 is 2.00 bits per heavy atom. The van der Waals surface area contributed by atoms with Crippen LogP contribution < -0.4 is 5.32 Å². The van der Waals surface area contributed by atoms with Crippen LogP contribution in [0.4, 0.5) is 0 Å². The molecule has 3 rings (SSSR count). The fraction of sp³-hybridized carbons (Fsp3) is 0.526. The van der Waals surface area contributed by atoms with E-state index in [0.29, 0.717) is 13.1 Å². The van der Waals surface area contributed by atoms with Crippen LogP contribution in [0.1, 0.15) is 25.3 Å². The zero-order valence-corrected chi connectivity index (χ0v) is 15.1. The van der Waals surface area contributed by atoms with Crippen molar-refractivity contribution >= 4 is 5.91 Å². The largest absolute Gasteiger partial charge is 0.355 e. The molecule has 2 aromatic rings. The van der Waals surface area contributed by atoms with Crippen molar-refractivity contribution < 1.29 is 4.79 Å². The van der Waals surface area contributed by atoms with Crippen LogP contribution >= 0.6 is 0 Å². The van der Waals surface area contributed by atoms with Gasteiger partial charge in [0.15, 0.2) is 0 Å². The molecular weight excluding hydrogens is 314 g/mol. The normalized spacial score (nSPS) is 18.6. The highest BCUT2D eigenvalue weighted by Gasteiger charge is 2.35. The third-order valence-corrected chi connectivity index (χ3v) is 5.31. The first-order valence-corrected chi connectivity index (χ1v) is 8.93. The molecular formula is C19H27N5O. The van der Waals surface area contributed by atoms with Crippen molar-refractivity contribution in [2.45, 2.75) is 31.7 Å². The first-order valence-electron chi connectivity index (χ1n) is 8.93. The van der Waals surface area contributed by atoms with Gasteiger partial charge in [-0.25, -0.2) is 4.98 Å². The summed E-state index contributed by atoms with van der Waals surface area (Å²) in [5.74, 6) is -0.0643. The van der Waals surface area contributed by atoms with E-state index >= 15 is 0 Å². The standard InChI is InChI=1S/C19H27N5O/c1-16(12-24-15-20-14-22-24)18(25)21-13-19(8-10-23(2)11-9-19)17-6-4-3-5-7-17/h3-7,14-16H,8-13H2,1-2H3,(H,21,25)/t16-/m0/s1. The summed E-state index contributed by atoms with van der Waals surface area (Å²) in [7, 11) is 2.16. The number of carbonyl (C=O) groups is 1. The second kappa shape index (κ2) is 7.78. The van der Waals surface area contributed by atoms with Crippen molar-refractivity contribution in [3.8, 4) is 0 Å². The van der Waals surface area contributed by atoms with E-state index in [-0.39, 0.29) is 17.2 Å². The molecule has 0 radical (unpaired) electrons. The van der Waals surface area contributed by atoms with E-state index in [2.05, 4.69) is 51.6 Å². The van der Waals surface area contributed by atoms with Gasteiger partial charge in [0.1, 0.15) is 12.7 Å². The topological polar surface area (TPSA) is 63.1 Å². The van der Waals surface area contributed by atoms with Gasteiger partial charge in [0, 0.05) is 12.0 Å². The van der Waals surface area contributed by atoms with Gasteiger partial charge in [-0.15, -0.1) is 0 Å². The highest BCUT2D eigenvalue weighted by atomic mass is 16.1. The van der Waals surface area contributed by atoms with E-state index in [0.717, 1.165) is 25.9 Å². The second-order valence-electron chi connectivity index (χ2n) is 7.19. The molecule has 1 fully saturated rings. The molecule has 1 saturated heterocycles. The number of carbonyl (C=O) groups excluding carboxylic acids is 1. The summed E-state index contributed by atoms with van der Waals surface area (Å²) in [5.41, 5.74) is 1.35. The summed E-state index contributed by atoms with van der Waals surface area (Å²) in [6, 6.07) is 10.6. The lowest BCUT2D eigenvalue weighted by molar-refractivity contribution is -0.125. The smallest absolute Gasteiger partial charge is 0.224 e. The number of amides is 1. The predicted octanol–water partition coefficient (Wildman–Crippen LogP) is 1.69. The van der Waals surface area contributed by atoms with Gasteiger partial charge >= 0.3 is 0 Å². The number of nitrogens with one attached hydrogen (secondary N) is 1. The average Bonchev–Trinajstić information content (AvgIpc) is 3.15. The predicted molar refractivity (Wildman–Crippen MR) is 97.0 cm³/mol. The van der Waals surface area contributed by atoms with E-state index < -0.39 is 0 Å². The van der Waals surface area contributed by atoms with Gasteiger partial charge in [0.25, 0.3) is 0 Å². The fourth-order valence-corrected chi connectivity index (χ4v) is 3.53. The average molecular weight is 341 g/mol. The minimum atomic E-state index is -0.138. The van der Waals surface area contributed by atoms with Gasteiger partial charge < -0.3 is 10.2 Å². The molecule has 25 heavy (non-hydrogen) atoms. The van der Waals surface area contributed by atoms with Crippen molar-refractivity contribution in [3.63, 3.8) is 0 Å². The van der Waals surface area contributed by atoms with Crippen molar-refractivity contribution in [2.75, 3.05) is 26.7 Å². The maximum atomic E-state index is 12.6. The Hall–Kier alpha value is -2.21. The second-order valence-corrected chi connectivity index (χ2v) is 7.19. The molecule has 6 nitrogen and oxygen atoms in total. The van der Waals surface area contributed by atoms with Crippen molar-refractivity contribution in [1.29, 1.82) is 0 Å². The Kier molecular flexibility index (Phi) is 5.48. The Labute approximate surface area is 149 Å². The summed E-state index contributed by atoms with van der Waals surface area (Å²) in [5, 5.41) is 7.28. The number of rotatable bonds is 6.